The van der Waals surface area contributed by atoms with E-state index >= 15 is 0 Å². The smallest absolute Gasteiger partial charge is 0.347 e. The lowest BCUT2D eigenvalue weighted by Gasteiger charge is -2.73. The van der Waals surface area contributed by atoms with Gasteiger partial charge in [0.15, 0.2) is 24.1 Å². The normalized spacial score (nSPS) is 37.3. The Labute approximate surface area is 341 Å². The number of fused-ring (bicyclic) bond motifs is 5. The summed E-state index contributed by atoms with van der Waals surface area (Å²) < 4.78 is 47.3. The van der Waals surface area contributed by atoms with E-state index in [-0.39, 0.29) is 42.4 Å². The van der Waals surface area contributed by atoms with Gasteiger partial charge in [-0.3, -0.25) is 14.4 Å². The molecule has 1 saturated heterocycles. The Morgan fingerprint density at radius 3 is 2.12 bits per heavy atom. The van der Waals surface area contributed by atoms with Crippen molar-refractivity contribution in [3.8, 4) is 0 Å². The van der Waals surface area contributed by atoms with Crippen LogP contribution in [0.15, 0.2) is 45.3 Å². The summed E-state index contributed by atoms with van der Waals surface area (Å²) in [6, 6.07) is 1.57. The number of hydrogen-bond acceptors (Lipinski definition) is 17. The molecule has 1 saturated carbocycles. The van der Waals surface area contributed by atoms with E-state index in [1.165, 1.54) is 40.2 Å². The van der Waals surface area contributed by atoms with Gasteiger partial charge in [0.2, 0.25) is 11.7 Å². The number of hydrogen-bond donors (Lipinski definition) is 3. The maximum absolute atomic E-state index is 14.4. The lowest BCUT2D eigenvalue weighted by molar-refractivity contribution is -0.351. The van der Waals surface area contributed by atoms with E-state index < -0.39 is 117 Å². The lowest BCUT2D eigenvalue weighted by atomic mass is 9.36. The quantitative estimate of drug-likeness (QED) is 0.125. The minimum Gasteiger partial charge on any atom is -0.472 e. The van der Waals surface area contributed by atoms with Crippen LogP contribution in [0.3, 0.4) is 0 Å². The second-order valence-corrected chi connectivity index (χ2v) is 17.4. The van der Waals surface area contributed by atoms with E-state index in [2.05, 4.69) is 0 Å². The van der Waals surface area contributed by atoms with Gasteiger partial charge in [-0.2, -0.15) is 0 Å². The van der Waals surface area contributed by atoms with Gasteiger partial charge in [0.05, 0.1) is 31.3 Å². The van der Waals surface area contributed by atoms with Crippen molar-refractivity contribution in [3.05, 3.63) is 46.4 Å². The Balaban J connectivity index is 1.85. The second kappa shape index (κ2) is 14.6. The summed E-state index contributed by atoms with van der Waals surface area (Å²) >= 11 is 0. The molecule has 1 aromatic rings. The highest BCUT2D eigenvalue weighted by molar-refractivity contribution is 5.94. The molecule has 3 N–H and O–H groups in total. The molecule has 324 valence electrons. The van der Waals surface area contributed by atoms with Crippen LogP contribution in [-0.2, 0) is 61.9 Å². The van der Waals surface area contributed by atoms with E-state index in [1.807, 2.05) is 0 Å². The zero-order valence-electron chi connectivity index (χ0n) is 35.2. The van der Waals surface area contributed by atoms with Crippen molar-refractivity contribution in [2.75, 3.05) is 7.11 Å². The third-order valence-corrected chi connectivity index (χ3v) is 13.9. The first-order chi connectivity index (χ1) is 27.4. The second-order valence-electron chi connectivity index (χ2n) is 17.4. The molecule has 0 aromatic carbocycles. The SMILES string of the molecule is CCC(=O)O[C@@H]1C2=C(CC[C@]3(C)C2=C(C(O)O)C(=O)O[C@H]3c2ccoc2)[C@]2(C)[C@@H]([C@@H](OC(C)=O)C(=O)OC)C(C)(C)[C@@H](OC(=O)[C@]3(C)O[C@H]3C)[C@@]1(OC(=O)CC)[C@]2(C)O. The number of ether oxygens (including phenoxy) is 7. The maximum Gasteiger partial charge on any atom is 0.347 e. The number of methoxy groups -OCH3 is 1. The van der Waals surface area contributed by atoms with E-state index in [0.29, 0.717) is 5.56 Å². The van der Waals surface area contributed by atoms with Gasteiger partial charge in [-0.05, 0) is 45.3 Å². The molecule has 17 nitrogen and oxygen atoms in total. The molecule has 0 amide bonds. The molecule has 11 atom stereocenters. The first-order valence-corrected chi connectivity index (χ1v) is 19.7. The van der Waals surface area contributed by atoms with E-state index in [9.17, 15) is 44.1 Å². The van der Waals surface area contributed by atoms with E-state index in [1.54, 1.807) is 40.7 Å². The third kappa shape index (κ3) is 6.08. The van der Waals surface area contributed by atoms with Crippen LogP contribution in [0.2, 0.25) is 0 Å². The summed E-state index contributed by atoms with van der Waals surface area (Å²) in [4.78, 5) is 83.4. The zero-order chi connectivity index (χ0) is 44.0. The Morgan fingerprint density at radius 1 is 0.983 bits per heavy atom. The maximum atomic E-state index is 14.4. The summed E-state index contributed by atoms with van der Waals surface area (Å²) in [5.74, 6) is -7.31. The summed E-state index contributed by atoms with van der Waals surface area (Å²) in [7, 11) is 1.08. The zero-order valence-corrected chi connectivity index (χ0v) is 35.2. The molecule has 2 aliphatic heterocycles. The fraction of sp³-hybridized carbons (Fsp3) is 0.667. The van der Waals surface area contributed by atoms with Crippen molar-refractivity contribution in [1.29, 1.82) is 0 Å². The molecule has 0 spiro atoms. The van der Waals surface area contributed by atoms with Gasteiger partial charge in [-0.25, -0.2) is 14.4 Å². The van der Waals surface area contributed by atoms with Gasteiger partial charge in [0, 0.05) is 53.1 Å². The Hall–Kier alpha value is -4.58. The summed E-state index contributed by atoms with van der Waals surface area (Å²) in [5, 5.41) is 35.9. The number of aliphatic hydroxyl groups excluding tert-OH is 1. The van der Waals surface area contributed by atoms with Crippen molar-refractivity contribution >= 4 is 35.8 Å². The molecule has 2 fully saturated rings. The predicted octanol–water partition coefficient (Wildman–Crippen LogP) is 3.22. The molecule has 5 aliphatic rings. The molecule has 17 heteroatoms. The summed E-state index contributed by atoms with van der Waals surface area (Å²) in [6.07, 6.45) is -7.67. The van der Waals surface area contributed by atoms with Crippen molar-refractivity contribution in [2.24, 2.45) is 22.2 Å². The van der Waals surface area contributed by atoms with E-state index in [4.69, 9.17) is 37.6 Å². The first kappa shape index (κ1) is 44.0. The number of esters is 6. The van der Waals surface area contributed by atoms with Gasteiger partial charge < -0.3 is 52.9 Å². The van der Waals surface area contributed by atoms with Crippen molar-refractivity contribution in [1.82, 2.24) is 0 Å². The Bertz CT molecular complexity index is 2010. The molecule has 1 aromatic heterocycles. The number of carbonyl (C=O) groups is 6. The average Bonchev–Trinajstić information content (AvgIpc) is 3.49. The molecular formula is C42H54O17. The third-order valence-electron chi connectivity index (χ3n) is 13.9. The molecule has 2 bridgehead atoms. The number of rotatable bonds is 11. The number of furan rings is 1. The van der Waals surface area contributed by atoms with Crippen LogP contribution >= 0.6 is 0 Å². The summed E-state index contributed by atoms with van der Waals surface area (Å²) in [5.41, 5.74) is -11.9. The molecule has 3 heterocycles. The van der Waals surface area contributed by atoms with Crippen LogP contribution in [0.25, 0.3) is 0 Å². The number of aliphatic hydroxyl groups is 3. The van der Waals surface area contributed by atoms with E-state index in [0.717, 1.165) is 14.0 Å². The Morgan fingerprint density at radius 2 is 1.61 bits per heavy atom. The van der Waals surface area contributed by atoms with Crippen molar-refractivity contribution in [2.45, 2.75) is 149 Å². The summed E-state index contributed by atoms with van der Waals surface area (Å²) in [6.45, 7) is 14.9. The predicted molar refractivity (Wildman–Crippen MR) is 199 cm³/mol. The highest BCUT2D eigenvalue weighted by Gasteiger charge is 2.85. The number of carbonyl (C=O) groups excluding carboxylic acids is 6. The molecule has 0 unspecified atom stereocenters. The van der Waals surface area contributed by atoms with Crippen LogP contribution in [0.1, 0.15) is 107 Å². The molecule has 3 aliphatic carbocycles. The largest absolute Gasteiger partial charge is 0.472 e. The van der Waals surface area contributed by atoms with Gasteiger partial charge in [0.25, 0.3) is 0 Å². The Kier molecular flexibility index (Phi) is 10.9. The molecular weight excluding hydrogens is 776 g/mol. The van der Waals surface area contributed by atoms with Gasteiger partial charge in [0.1, 0.15) is 11.7 Å². The highest BCUT2D eigenvalue weighted by Crippen LogP contribution is 2.74. The number of cyclic esters (lactones) is 1. The van der Waals surface area contributed by atoms with Crippen LogP contribution < -0.4 is 0 Å². The van der Waals surface area contributed by atoms with Crippen LogP contribution in [0.4, 0.5) is 0 Å². The number of epoxide rings is 1. The van der Waals surface area contributed by atoms with Gasteiger partial charge in [-0.15, -0.1) is 0 Å². The molecule has 59 heavy (non-hydrogen) atoms. The lowest BCUT2D eigenvalue weighted by Crippen LogP contribution is -2.86. The average molecular weight is 831 g/mol. The van der Waals surface area contributed by atoms with Gasteiger partial charge in [-0.1, -0.05) is 47.1 Å². The first-order valence-electron chi connectivity index (χ1n) is 19.7. The highest BCUT2D eigenvalue weighted by atomic mass is 16.7. The van der Waals surface area contributed by atoms with Crippen molar-refractivity contribution < 1.29 is 81.7 Å². The topological polar surface area (TPSA) is 244 Å². The fourth-order valence-electron chi connectivity index (χ4n) is 10.7. The van der Waals surface area contributed by atoms with Gasteiger partial charge >= 0.3 is 35.8 Å². The molecule has 6 rings (SSSR count). The minimum atomic E-state index is -2.66. The monoisotopic (exact) mass is 830 g/mol. The van der Waals surface area contributed by atoms with Crippen LogP contribution in [-0.4, -0.2) is 106 Å². The standard InChI is InChI=1S/C42H54O17/c1-12-23(44)55-31-25-22(14-16-38(7)27(25)26(32(46)47)33(48)56-30(38)21-15-17-53-18-21)39(8)29(28(34(49)52-11)54-20(4)43)37(5,6)35(57-36(50)40(9)19(3)58-40)42(31,41(39,10)51)59-24(45)13-2/h15,17-19,28-32,35,46-47,51H,12-14,16H2,1-11H3/t19-,28+,29-,30-,31+,35+,38+,39+,40+,41+,42+/m0/s1. The molecule has 0 radical (unpaired) electrons. The minimum absolute atomic E-state index is 0.00487. The van der Waals surface area contributed by atoms with Crippen LogP contribution in [0.5, 0.6) is 0 Å². The van der Waals surface area contributed by atoms with Crippen molar-refractivity contribution in [3.63, 3.8) is 0 Å². The fourth-order valence-corrected chi connectivity index (χ4v) is 10.7. The van der Waals surface area contributed by atoms with Crippen LogP contribution in [0, 0.1) is 22.2 Å².